The van der Waals surface area contributed by atoms with Crippen molar-refractivity contribution in [3.63, 3.8) is 0 Å². The lowest BCUT2D eigenvalue weighted by Crippen LogP contribution is -2.12. The second kappa shape index (κ2) is 5.61. The van der Waals surface area contributed by atoms with Gasteiger partial charge in [0.05, 0.1) is 12.1 Å². The van der Waals surface area contributed by atoms with Crippen molar-refractivity contribution in [2.24, 2.45) is 5.73 Å². The molecule has 0 atom stereocenters. The van der Waals surface area contributed by atoms with Crippen LogP contribution in [0.15, 0.2) is 35.3 Å². The molecule has 0 aromatic carbocycles. The largest absolute Gasteiger partial charge is 0.363 e. The molecule has 0 bridgehead atoms. The third-order valence-electron chi connectivity index (χ3n) is 2.01. The number of hydrogen-bond acceptors (Lipinski definition) is 5. The van der Waals surface area contributed by atoms with E-state index in [4.69, 9.17) is 5.73 Å². The lowest BCUT2D eigenvalue weighted by Gasteiger charge is -2.00. The van der Waals surface area contributed by atoms with E-state index < -0.39 is 0 Å². The lowest BCUT2D eigenvalue weighted by molar-refractivity contribution is 0.102. The van der Waals surface area contributed by atoms with E-state index >= 15 is 0 Å². The fourth-order valence-electron chi connectivity index (χ4n) is 1.25. The number of carbonyl (C=O) groups excluding carboxylic acids is 1. The Morgan fingerprint density at radius 1 is 1.50 bits per heavy atom. The molecule has 1 amide bonds. The van der Waals surface area contributed by atoms with E-state index in [1.54, 1.807) is 18.3 Å². The Morgan fingerprint density at radius 2 is 2.39 bits per heavy atom. The first kappa shape index (κ1) is 11.8. The summed E-state index contributed by atoms with van der Waals surface area (Å²) in [4.78, 5) is 15.8. The summed E-state index contributed by atoms with van der Waals surface area (Å²) in [6, 6.07) is 3.18. The van der Waals surface area contributed by atoms with Gasteiger partial charge in [0.1, 0.15) is 6.26 Å². The van der Waals surface area contributed by atoms with Crippen molar-refractivity contribution in [2.45, 2.75) is 0 Å². The van der Waals surface area contributed by atoms with Gasteiger partial charge in [0.2, 0.25) is 0 Å². The molecule has 0 saturated heterocycles. The fourth-order valence-corrected chi connectivity index (χ4v) is 1.25. The van der Waals surface area contributed by atoms with E-state index in [1.807, 2.05) is 0 Å². The summed E-state index contributed by atoms with van der Waals surface area (Å²) >= 11 is 0. The zero-order valence-electron chi connectivity index (χ0n) is 9.38. The quantitative estimate of drug-likeness (QED) is 0.753. The molecule has 0 unspecified atom stereocenters. The summed E-state index contributed by atoms with van der Waals surface area (Å²) in [5.41, 5.74) is 6.30. The third-order valence-corrected chi connectivity index (χ3v) is 2.01. The highest BCUT2D eigenvalue weighted by Gasteiger charge is 2.08. The van der Waals surface area contributed by atoms with Gasteiger partial charge in [0, 0.05) is 24.0 Å². The highest BCUT2D eigenvalue weighted by Crippen LogP contribution is 2.06. The van der Waals surface area contributed by atoms with Crippen LogP contribution >= 0.6 is 0 Å². The van der Waals surface area contributed by atoms with E-state index in [2.05, 4.69) is 31.8 Å². The molecular weight excluding hydrogens is 232 g/mol. The molecule has 2 rings (SSSR count). The molecule has 3 N–H and O–H groups in total. The van der Waals surface area contributed by atoms with E-state index in [9.17, 15) is 4.79 Å². The first-order valence-electron chi connectivity index (χ1n) is 5.15. The number of rotatable bonds is 2. The molecule has 2 aromatic rings. The second-order valence-corrected chi connectivity index (χ2v) is 3.31. The van der Waals surface area contributed by atoms with Gasteiger partial charge in [-0.25, -0.2) is 0 Å². The van der Waals surface area contributed by atoms with Crippen LogP contribution in [-0.4, -0.2) is 22.6 Å². The molecule has 0 aliphatic heterocycles. The Kier molecular flexibility index (Phi) is 3.69. The van der Waals surface area contributed by atoms with Gasteiger partial charge < -0.3 is 15.6 Å². The Balaban J connectivity index is 2.15. The molecule has 0 fully saturated rings. The second-order valence-electron chi connectivity index (χ2n) is 3.31. The number of hydrogen-bond donors (Lipinski definition) is 2. The van der Waals surface area contributed by atoms with Gasteiger partial charge in [-0.05, 0) is 6.07 Å². The van der Waals surface area contributed by atoms with Crippen molar-refractivity contribution in [3.05, 3.63) is 41.9 Å². The minimum atomic E-state index is -0.326. The molecular formula is C12H10N4O2. The highest BCUT2D eigenvalue weighted by molar-refractivity contribution is 6.03. The van der Waals surface area contributed by atoms with Gasteiger partial charge >= 0.3 is 0 Å². The Labute approximate surface area is 103 Å². The smallest absolute Gasteiger partial charge is 0.258 e. The molecule has 18 heavy (non-hydrogen) atoms. The average molecular weight is 242 g/mol. The molecule has 0 aliphatic carbocycles. The predicted molar refractivity (Wildman–Crippen MR) is 64.6 cm³/mol. The lowest BCUT2D eigenvalue weighted by atomic mass is 10.2. The zero-order chi connectivity index (χ0) is 12.8. The molecule has 6 heteroatoms. The van der Waals surface area contributed by atoms with Gasteiger partial charge in [0.15, 0.2) is 5.82 Å². The van der Waals surface area contributed by atoms with Crippen molar-refractivity contribution in [3.8, 4) is 11.8 Å². The van der Waals surface area contributed by atoms with Gasteiger partial charge in [-0.3, -0.25) is 9.78 Å². The van der Waals surface area contributed by atoms with Gasteiger partial charge in [-0.2, -0.15) is 0 Å². The third kappa shape index (κ3) is 2.93. The monoisotopic (exact) mass is 242 g/mol. The number of amides is 1. The van der Waals surface area contributed by atoms with Crippen molar-refractivity contribution >= 4 is 11.7 Å². The summed E-state index contributed by atoms with van der Waals surface area (Å²) in [5.74, 6) is 5.52. The first-order valence-corrected chi connectivity index (χ1v) is 5.15. The summed E-state index contributed by atoms with van der Waals surface area (Å²) in [6.07, 6.45) is 4.38. The number of carbonyl (C=O) groups is 1. The predicted octanol–water partition coefficient (Wildman–Crippen LogP) is 0.632. The van der Waals surface area contributed by atoms with Gasteiger partial charge in [-0.1, -0.05) is 17.0 Å². The Bertz CT molecular complexity index is 596. The summed E-state index contributed by atoms with van der Waals surface area (Å²) in [6.45, 7) is 0.259. The Hall–Kier alpha value is -2.65. The number of nitrogens with one attached hydrogen (secondary N) is 1. The van der Waals surface area contributed by atoms with Crippen molar-refractivity contribution in [1.29, 1.82) is 0 Å². The average Bonchev–Trinajstić information content (AvgIpc) is 2.89. The highest BCUT2D eigenvalue weighted by atomic mass is 16.5. The number of anilines is 1. The normalized spacial score (nSPS) is 9.39. The van der Waals surface area contributed by atoms with Gasteiger partial charge in [-0.15, -0.1) is 0 Å². The van der Waals surface area contributed by atoms with Crippen molar-refractivity contribution in [1.82, 2.24) is 10.1 Å². The first-order chi connectivity index (χ1) is 8.79. The minimum absolute atomic E-state index is 0.259. The molecule has 0 saturated carbocycles. The van der Waals surface area contributed by atoms with Crippen molar-refractivity contribution in [2.75, 3.05) is 11.9 Å². The maximum atomic E-state index is 11.8. The number of aromatic nitrogens is 2. The van der Waals surface area contributed by atoms with Gasteiger partial charge in [0.25, 0.3) is 5.91 Å². The molecule has 0 aliphatic rings. The van der Waals surface area contributed by atoms with Crippen LogP contribution in [-0.2, 0) is 0 Å². The molecule has 6 nitrogen and oxygen atoms in total. The summed E-state index contributed by atoms with van der Waals surface area (Å²) in [7, 11) is 0. The molecule has 90 valence electrons. The number of nitrogens with two attached hydrogens (primary N) is 1. The summed E-state index contributed by atoms with van der Waals surface area (Å²) in [5, 5.41) is 6.15. The minimum Gasteiger partial charge on any atom is -0.363 e. The van der Waals surface area contributed by atoms with E-state index in [-0.39, 0.29) is 12.5 Å². The van der Waals surface area contributed by atoms with Crippen LogP contribution in [0.5, 0.6) is 0 Å². The maximum Gasteiger partial charge on any atom is 0.258 e. The van der Waals surface area contributed by atoms with Crippen LogP contribution in [0.3, 0.4) is 0 Å². The number of nitrogens with zero attached hydrogens (tertiary/aromatic N) is 2. The van der Waals surface area contributed by atoms with E-state index in [0.29, 0.717) is 16.9 Å². The van der Waals surface area contributed by atoms with Crippen LogP contribution in [0, 0.1) is 11.8 Å². The standard InChI is InChI=1S/C12H10N4O2/c13-4-1-2-9-6-10(8-14-7-9)12(17)15-11-3-5-18-16-11/h3,5-8H,4,13H2,(H,15,16,17). The molecule has 0 spiro atoms. The van der Waals surface area contributed by atoms with E-state index in [0.717, 1.165) is 0 Å². The SMILES string of the molecule is NCC#Cc1cncc(C(=O)Nc2ccon2)c1. The van der Waals surface area contributed by atoms with Crippen LogP contribution in [0.1, 0.15) is 15.9 Å². The van der Waals surface area contributed by atoms with Crippen LogP contribution in [0.4, 0.5) is 5.82 Å². The van der Waals surface area contributed by atoms with E-state index in [1.165, 1.54) is 12.5 Å². The summed E-state index contributed by atoms with van der Waals surface area (Å²) < 4.78 is 4.61. The maximum absolute atomic E-state index is 11.8. The van der Waals surface area contributed by atoms with Crippen LogP contribution < -0.4 is 11.1 Å². The molecule has 0 radical (unpaired) electrons. The number of pyridine rings is 1. The van der Waals surface area contributed by atoms with Crippen LogP contribution in [0.2, 0.25) is 0 Å². The van der Waals surface area contributed by atoms with Crippen molar-refractivity contribution < 1.29 is 9.32 Å². The molecule has 2 aromatic heterocycles. The van der Waals surface area contributed by atoms with Crippen LogP contribution in [0.25, 0.3) is 0 Å². The topological polar surface area (TPSA) is 94.0 Å². The Morgan fingerprint density at radius 3 is 3.11 bits per heavy atom. The molecule has 2 heterocycles. The zero-order valence-corrected chi connectivity index (χ0v) is 9.38. The fraction of sp³-hybridized carbons (Fsp3) is 0.0833.